The van der Waals surface area contributed by atoms with E-state index in [9.17, 15) is 13.2 Å². The van der Waals surface area contributed by atoms with E-state index in [1.807, 2.05) is 0 Å². The van der Waals surface area contributed by atoms with Crippen LogP contribution in [-0.4, -0.2) is 17.4 Å². The molecule has 0 aliphatic rings. The first-order chi connectivity index (χ1) is 7.36. The van der Waals surface area contributed by atoms with E-state index in [2.05, 4.69) is 0 Å². The largest absolute Gasteiger partial charge is 0.414 e. The summed E-state index contributed by atoms with van der Waals surface area (Å²) in [6.07, 6.45) is -7.80. The standard InChI is InChI=1S/C10H9F3N2O/c11-10(12,13)8(16)4-6-2-1-3-7(5-14)9(6)15/h1-3,8,16H,4,15H2. The average molecular weight is 230 g/mol. The van der Waals surface area contributed by atoms with Crippen molar-refractivity contribution in [2.45, 2.75) is 18.7 Å². The summed E-state index contributed by atoms with van der Waals surface area (Å²) in [4.78, 5) is 0. The summed E-state index contributed by atoms with van der Waals surface area (Å²) in [6.45, 7) is 0. The highest BCUT2D eigenvalue weighted by atomic mass is 19.4. The van der Waals surface area contributed by atoms with E-state index < -0.39 is 18.7 Å². The van der Waals surface area contributed by atoms with Gasteiger partial charge in [-0.1, -0.05) is 12.1 Å². The molecule has 0 radical (unpaired) electrons. The number of aliphatic hydroxyl groups excluding tert-OH is 1. The predicted molar refractivity (Wildman–Crippen MR) is 51.3 cm³/mol. The Balaban J connectivity index is 2.95. The van der Waals surface area contributed by atoms with Crippen LogP contribution in [-0.2, 0) is 6.42 Å². The highest BCUT2D eigenvalue weighted by Gasteiger charge is 2.38. The number of benzene rings is 1. The Morgan fingerprint density at radius 3 is 2.56 bits per heavy atom. The number of nitriles is 1. The third kappa shape index (κ3) is 2.64. The van der Waals surface area contributed by atoms with Crippen LogP contribution in [0.5, 0.6) is 0 Å². The van der Waals surface area contributed by atoms with Crippen molar-refractivity contribution in [3.8, 4) is 6.07 Å². The lowest BCUT2D eigenvalue weighted by Gasteiger charge is -2.15. The molecule has 3 N–H and O–H groups in total. The fraction of sp³-hybridized carbons (Fsp3) is 0.300. The van der Waals surface area contributed by atoms with Crippen LogP contribution in [0.1, 0.15) is 11.1 Å². The minimum Gasteiger partial charge on any atom is -0.397 e. The maximum absolute atomic E-state index is 12.1. The Labute approximate surface area is 89.9 Å². The zero-order chi connectivity index (χ0) is 12.3. The Kier molecular flexibility index (Phi) is 3.40. The van der Waals surface area contributed by atoms with Gasteiger partial charge in [0, 0.05) is 6.42 Å². The van der Waals surface area contributed by atoms with E-state index in [0.29, 0.717) is 0 Å². The van der Waals surface area contributed by atoms with Gasteiger partial charge < -0.3 is 10.8 Å². The van der Waals surface area contributed by atoms with Crippen LogP contribution >= 0.6 is 0 Å². The third-order valence-electron chi connectivity index (χ3n) is 2.11. The number of nitrogens with two attached hydrogens (primary N) is 1. The second-order valence-electron chi connectivity index (χ2n) is 3.25. The first-order valence-electron chi connectivity index (χ1n) is 4.38. The van der Waals surface area contributed by atoms with Gasteiger partial charge in [-0.25, -0.2) is 0 Å². The first kappa shape index (κ1) is 12.3. The highest BCUT2D eigenvalue weighted by molar-refractivity contribution is 5.59. The quantitative estimate of drug-likeness (QED) is 0.758. The fourth-order valence-electron chi connectivity index (χ4n) is 1.21. The third-order valence-corrected chi connectivity index (χ3v) is 2.11. The molecular formula is C10H9F3N2O. The van der Waals surface area contributed by atoms with Gasteiger partial charge in [0.05, 0.1) is 11.3 Å². The lowest BCUT2D eigenvalue weighted by Crippen LogP contribution is -2.30. The summed E-state index contributed by atoms with van der Waals surface area (Å²) in [5.41, 5.74) is 5.68. The number of nitrogens with zero attached hydrogens (tertiary/aromatic N) is 1. The zero-order valence-corrected chi connectivity index (χ0v) is 8.12. The monoisotopic (exact) mass is 230 g/mol. The second kappa shape index (κ2) is 4.41. The summed E-state index contributed by atoms with van der Waals surface area (Å²) >= 11 is 0. The van der Waals surface area contributed by atoms with Crippen LogP contribution < -0.4 is 5.73 Å². The summed E-state index contributed by atoms with van der Waals surface area (Å²) < 4.78 is 36.3. The Morgan fingerprint density at radius 1 is 1.44 bits per heavy atom. The lowest BCUT2D eigenvalue weighted by atomic mass is 10.0. The molecule has 0 spiro atoms. The van der Waals surface area contributed by atoms with Gasteiger partial charge in [0.2, 0.25) is 0 Å². The highest BCUT2D eigenvalue weighted by Crippen LogP contribution is 2.26. The number of nitrogen functional groups attached to an aromatic ring is 1. The van der Waals surface area contributed by atoms with E-state index in [4.69, 9.17) is 16.1 Å². The molecular weight excluding hydrogens is 221 g/mol. The molecule has 86 valence electrons. The van der Waals surface area contributed by atoms with Gasteiger partial charge >= 0.3 is 6.18 Å². The van der Waals surface area contributed by atoms with Crippen molar-refractivity contribution in [3.05, 3.63) is 29.3 Å². The first-order valence-corrected chi connectivity index (χ1v) is 4.38. The van der Waals surface area contributed by atoms with E-state index in [1.165, 1.54) is 18.2 Å². The van der Waals surface area contributed by atoms with Crippen molar-refractivity contribution < 1.29 is 18.3 Å². The number of rotatable bonds is 2. The molecule has 1 rings (SSSR count). The normalized spacial score (nSPS) is 13.2. The molecule has 1 unspecified atom stereocenters. The van der Waals surface area contributed by atoms with Gasteiger partial charge in [-0.15, -0.1) is 0 Å². The smallest absolute Gasteiger partial charge is 0.397 e. The molecule has 6 heteroatoms. The summed E-state index contributed by atoms with van der Waals surface area (Å²) in [5, 5.41) is 17.5. The van der Waals surface area contributed by atoms with Gasteiger partial charge in [-0.05, 0) is 11.6 Å². The van der Waals surface area contributed by atoms with Crippen molar-refractivity contribution >= 4 is 5.69 Å². The summed E-state index contributed by atoms with van der Waals surface area (Å²) in [7, 11) is 0. The van der Waals surface area contributed by atoms with Gasteiger partial charge in [0.15, 0.2) is 6.10 Å². The summed E-state index contributed by atoms with van der Waals surface area (Å²) in [5.74, 6) is 0. The molecule has 1 atom stereocenters. The molecule has 0 saturated heterocycles. The molecule has 0 bridgehead atoms. The van der Waals surface area contributed by atoms with E-state index in [-0.39, 0.29) is 16.8 Å². The molecule has 0 aliphatic carbocycles. The molecule has 3 nitrogen and oxygen atoms in total. The van der Waals surface area contributed by atoms with Crippen LogP contribution in [0.15, 0.2) is 18.2 Å². The van der Waals surface area contributed by atoms with Crippen LogP contribution in [0, 0.1) is 11.3 Å². The maximum Gasteiger partial charge on any atom is 0.414 e. The second-order valence-corrected chi connectivity index (χ2v) is 3.25. The minimum absolute atomic E-state index is 0.0201. The van der Waals surface area contributed by atoms with Gasteiger partial charge in [-0.2, -0.15) is 18.4 Å². The van der Waals surface area contributed by atoms with Crippen LogP contribution in [0.4, 0.5) is 18.9 Å². The minimum atomic E-state index is -4.69. The molecule has 1 aromatic rings. The van der Waals surface area contributed by atoms with Crippen LogP contribution in [0.2, 0.25) is 0 Å². The number of hydrogen-bond donors (Lipinski definition) is 2. The molecule has 0 saturated carbocycles. The predicted octanol–water partition coefficient (Wildman–Crippen LogP) is 1.61. The molecule has 0 heterocycles. The number of halogens is 3. The molecule has 0 aliphatic heterocycles. The number of para-hydroxylation sites is 1. The van der Waals surface area contributed by atoms with Gasteiger partial charge in [-0.3, -0.25) is 0 Å². The van der Waals surface area contributed by atoms with E-state index in [0.717, 1.165) is 0 Å². The Morgan fingerprint density at radius 2 is 2.06 bits per heavy atom. The van der Waals surface area contributed by atoms with Crippen LogP contribution in [0.25, 0.3) is 0 Å². The number of anilines is 1. The van der Waals surface area contributed by atoms with Crippen molar-refractivity contribution in [2.75, 3.05) is 5.73 Å². The number of aliphatic hydroxyl groups is 1. The average Bonchev–Trinajstić information content (AvgIpc) is 2.19. The molecule has 16 heavy (non-hydrogen) atoms. The Hall–Kier alpha value is -1.74. The SMILES string of the molecule is N#Cc1cccc(CC(O)C(F)(F)F)c1N. The van der Waals surface area contributed by atoms with Crippen LogP contribution in [0.3, 0.4) is 0 Å². The van der Waals surface area contributed by atoms with Gasteiger partial charge in [0.25, 0.3) is 0 Å². The zero-order valence-electron chi connectivity index (χ0n) is 8.12. The van der Waals surface area contributed by atoms with Gasteiger partial charge in [0.1, 0.15) is 6.07 Å². The number of alkyl halides is 3. The van der Waals surface area contributed by atoms with Crippen molar-refractivity contribution in [3.63, 3.8) is 0 Å². The molecule has 0 aromatic heterocycles. The Bertz CT molecular complexity index is 423. The maximum atomic E-state index is 12.1. The fourth-order valence-corrected chi connectivity index (χ4v) is 1.21. The lowest BCUT2D eigenvalue weighted by molar-refractivity contribution is -0.203. The molecule has 0 fully saturated rings. The van der Waals surface area contributed by atoms with E-state index in [1.54, 1.807) is 6.07 Å². The van der Waals surface area contributed by atoms with Crippen molar-refractivity contribution in [1.29, 1.82) is 5.26 Å². The molecule has 0 amide bonds. The molecule has 1 aromatic carbocycles. The van der Waals surface area contributed by atoms with Crippen molar-refractivity contribution in [2.24, 2.45) is 0 Å². The van der Waals surface area contributed by atoms with E-state index >= 15 is 0 Å². The van der Waals surface area contributed by atoms with Crippen molar-refractivity contribution in [1.82, 2.24) is 0 Å². The number of hydrogen-bond acceptors (Lipinski definition) is 3. The summed E-state index contributed by atoms with van der Waals surface area (Å²) in [6, 6.07) is 5.94. The topological polar surface area (TPSA) is 70.0 Å².